The van der Waals surface area contributed by atoms with Crippen molar-refractivity contribution in [2.75, 3.05) is 19.6 Å². The molecule has 21 heavy (non-hydrogen) atoms. The molecule has 0 bridgehead atoms. The minimum absolute atomic E-state index is 0.481. The van der Waals surface area contributed by atoms with Gasteiger partial charge in [-0.05, 0) is 74.9 Å². The van der Waals surface area contributed by atoms with E-state index in [4.69, 9.17) is 0 Å². The highest BCUT2D eigenvalue weighted by molar-refractivity contribution is 4.67. The standard InChI is InChI=1S/C20H43N/c1-18(2)12-9-15-21(16-10-13-19(3,4)5)17-11-14-20(6,7)8/h18H,9-17H2,1-8H3. The summed E-state index contributed by atoms with van der Waals surface area (Å²) in [5.74, 6) is 0.844. The second kappa shape index (κ2) is 9.87. The molecule has 0 saturated heterocycles. The van der Waals surface area contributed by atoms with Crippen LogP contribution in [-0.2, 0) is 0 Å². The predicted molar refractivity (Wildman–Crippen MR) is 97.9 cm³/mol. The molecule has 0 aliphatic carbocycles. The van der Waals surface area contributed by atoms with Gasteiger partial charge in [-0.25, -0.2) is 0 Å². The molecule has 0 atom stereocenters. The average molecular weight is 298 g/mol. The van der Waals surface area contributed by atoms with Crippen LogP contribution < -0.4 is 0 Å². The van der Waals surface area contributed by atoms with Gasteiger partial charge in [0.1, 0.15) is 0 Å². The molecule has 0 aliphatic heterocycles. The molecule has 0 fully saturated rings. The Morgan fingerprint density at radius 2 is 1.05 bits per heavy atom. The number of hydrogen-bond donors (Lipinski definition) is 0. The van der Waals surface area contributed by atoms with Crippen LogP contribution >= 0.6 is 0 Å². The molecular weight excluding hydrogens is 254 g/mol. The molecule has 1 heteroatoms. The van der Waals surface area contributed by atoms with E-state index in [1.807, 2.05) is 0 Å². The van der Waals surface area contributed by atoms with Gasteiger partial charge in [0.25, 0.3) is 0 Å². The summed E-state index contributed by atoms with van der Waals surface area (Å²) in [6, 6.07) is 0. The Labute approximate surface area is 135 Å². The summed E-state index contributed by atoms with van der Waals surface area (Å²) in [5.41, 5.74) is 0.962. The van der Waals surface area contributed by atoms with Crippen LogP contribution in [0.3, 0.4) is 0 Å². The third-order valence-electron chi connectivity index (χ3n) is 4.06. The largest absolute Gasteiger partial charge is 0.303 e. The van der Waals surface area contributed by atoms with Gasteiger partial charge in [-0.2, -0.15) is 0 Å². The molecule has 0 N–H and O–H groups in total. The smallest absolute Gasteiger partial charge is 0.00185 e. The lowest BCUT2D eigenvalue weighted by atomic mass is 9.90. The summed E-state index contributed by atoms with van der Waals surface area (Å²) >= 11 is 0. The number of hydrogen-bond acceptors (Lipinski definition) is 1. The minimum atomic E-state index is 0.481. The van der Waals surface area contributed by atoms with E-state index in [0.29, 0.717) is 10.8 Å². The quantitative estimate of drug-likeness (QED) is 0.452. The summed E-state index contributed by atoms with van der Waals surface area (Å²) in [5, 5.41) is 0. The summed E-state index contributed by atoms with van der Waals surface area (Å²) in [6.07, 6.45) is 8.11. The zero-order valence-corrected chi connectivity index (χ0v) is 16.4. The van der Waals surface area contributed by atoms with Crippen LogP contribution in [0.2, 0.25) is 0 Å². The highest BCUT2D eigenvalue weighted by Gasteiger charge is 2.14. The summed E-state index contributed by atoms with van der Waals surface area (Å²) in [7, 11) is 0. The van der Waals surface area contributed by atoms with Crippen LogP contribution in [0, 0.1) is 16.7 Å². The molecular formula is C20H43N. The van der Waals surface area contributed by atoms with Crippen molar-refractivity contribution in [3.05, 3.63) is 0 Å². The van der Waals surface area contributed by atoms with Crippen LogP contribution in [-0.4, -0.2) is 24.5 Å². The molecule has 0 amide bonds. The zero-order valence-electron chi connectivity index (χ0n) is 16.4. The van der Waals surface area contributed by atoms with Gasteiger partial charge in [0.15, 0.2) is 0 Å². The Morgan fingerprint density at radius 3 is 1.38 bits per heavy atom. The van der Waals surface area contributed by atoms with Crippen LogP contribution in [0.15, 0.2) is 0 Å². The van der Waals surface area contributed by atoms with Gasteiger partial charge in [-0.15, -0.1) is 0 Å². The summed E-state index contributed by atoms with van der Waals surface area (Å²) in [4.78, 5) is 2.72. The molecule has 0 saturated carbocycles. The Morgan fingerprint density at radius 1 is 0.667 bits per heavy atom. The minimum Gasteiger partial charge on any atom is -0.303 e. The lowest BCUT2D eigenvalue weighted by Gasteiger charge is -2.26. The lowest BCUT2D eigenvalue weighted by Crippen LogP contribution is -2.29. The van der Waals surface area contributed by atoms with E-state index in [2.05, 4.69) is 60.3 Å². The summed E-state index contributed by atoms with van der Waals surface area (Å²) in [6.45, 7) is 22.7. The van der Waals surface area contributed by atoms with Crippen LogP contribution in [0.5, 0.6) is 0 Å². The van der Waals surface area contributed by atoms with E-state index in [1.54, 1.807) is 0 Å². The second-order valence-electron chi connectivity index (χ2n) is 9.71. The molecule has 0 spiro atoms. The van der Waals surface area contributed by atoms with Gasteiger partial charge in [0.05, 0.1) is 0 Å². The SMILES string of the molecule is CC(C)CCCN(CCCC(C)(C)C)CCCC(C)(C)C. The first-order chi connectivity index (χ1) is 9.49. The van der Waals surface area contributed by atoms with E-state index in [0.717, 1.165) is 5.92 Å². The third kappa shape index (κ3) is 16.2. The highest BCUT2D eigenvalue weighted by Crippen LogP contribution is 2.22. The maximum atomic E-state index is 2.72. The molecule has 0 aromatic heterocycles. The van der Waals surface area contributed by atoms with Gasteiger partial charge < -0.3 is 4.90 Å². The number of rotatable bonds is 10. The average Bonchev–Trinajstić information content (AvgIpc) is 2.24. The third-order valence-corrected chi connectivity index (χ3v) is 4.06. The van der Waals surface area contributed by atoms with Crippen molar-refractivity contribution >= 4 is 0 Å². The van der Waals surface area contributed by atoms with E-state index in [9.17, 15) is 0 Å². The second-order valence-corrected chi connectivity index (χ2v) is 9.71. The zero-order chi connectivity index (χ0) is 16.5. The maximum absolute atomic E-state index is 2.72. The van der Waals surface area contributed by atoms with E-state index in [-0.39, 0.29) is 0 Å². The van der Waals surface area contributed by atoms with E-state index < -0.39 is 0 Å². The molecule has 0 aromatic rings. The monoisotopic (exact) mass is 297 g/mol. The lowest BCUT2D eigenvalue weighted by molar-refractivity contribution is 0.224. The fourth-order valence-electron chi connectivity index (χ4n) is 2.72. The van der Waals surface area contributed by atoms with Crippen LogP contribution in [0.1, 0.15) is 93.9 Å². The first kappa shape index (κ1) is 21.0. The first-order valence-electron chi connectivity index (χ1n) is 9.22. The maximum Gasteiger partial charge on any atom is -0.00185 e. The van der Waals surface area contributed by atoms with Crippen LogP contribution in [0.25, 0.3) is 0 Å². The Bertz CT molecular complexity index is 222. The predicted octanol–water partition coefficient (Wildman–Crippen LogP) is 6.38. The summed E-state index contributed by atoms with van der Waals surface area (Å²) < 4.78 is 0. The van der Waals surface area contributed by atoms with Gasteiger partial charge in [-0.1, -0.05) is 55.4 Å². The highest BCUT2D eigenvalue weighted by atomic mass is 15.1. The van der Waals surface area contributed by atoms with Crippen LogP contribution in [0.4, 0.5) is 0 Å². The normalized spacial score (nSPS) is 13.4. The van der Waals surface area contributed by atoms with Crippen molar-refractivity contribution in [2.45, 2.75) is 93.9 Å². The van der Waals surface area contributed by atoms with Crippen molar-refractivity contribution in [1.82, 2.24) is 4.90 Å². The molecule has 0 radical (unpaired) electrons. The Hall–Kier alpha value is -0.0400. The van der Waals surface area contributed by atoms with Gasteiger partial charge in [0, 0.05) is 0 Å². The molecule has 128 valence electrons. The Balaban J connectivity index is 4.08. The van der Waals surface area contributed by atoms with Gasteiger partial charge in [-0.3, -0.25) is 0 Å². The molecule has 0 heterocycles. The number of nitrogens with zero attached hydrogens (tertiary/aromatic N) is 1. The van der Waals surface area contributed by atoms with Crippen molar-refractivity contribution in [3.63, 3.8) is 0 Å². The fourth-order valence-corrected chi connectivity index (χ4v) is 2.72. The van der Waals surface area contributed by atoms with Gasteiger partial charge >= 0.3 is 0 Å². The molecule has 0 rings (SSSR count). The molecule has 1 nitrogen and oxygen atoms in total. The Kier molecular flexibility index (Phi) is 9.85. The first-order valence-corrected chi connectivity index (χ1v) is 9.22. The van der Waals surface area contributed by atoms with Crippen molar-refractivity contribution in [2.24, 2.45) is 16.7 Å². The van der Waals surface area contributed by atoms with Crippen molar-refractivity contribution < 1.29 is 0 Å². The van der Waals surface area contributed by atoms with Crippen molar-refractivity contribution in [3.8, 4) is 0 Å². The van der Waals surface area contributed by atoms with Gasteiger partial charge in [0.2, 0.25) is 0 Å². The molecule has 0 aromatic carbocycles. The van der Waals surface area contributed by atoms with E-state index >= 15 is 0 Å². The topological polar surface area (TPSA) is 3.24 Å². The fraction of sp³-hybridized carbons (Fsp3) is 1.00. The molecule has 0 aliphatic rings. The van der Waals surface area contributed by atoms with Crippen molar-refractivity contribution in [1.29, 1.82) is 0 Å². The van der Waals surface area contributed by atoms with E-state index in [1.165, 1.54) is 58.2 Å². The molecule has 0 unspecified atom stereocenters.